The van der Waals surface area contributed by atoms with Gasteiger partial charge in [-0.2, -0.15) is 0 Å². The van der Waals surface area contributed by atoms with Gasteiger partial charge in [0.1, 0.15) is 5.75 Å². The zero-order valence-electron chi connectivity index (χ0n) is 14.0. The Morgan fingerprint density at radius 1 is 0.917 bits per heavy atom. The molecule has 0 fully saturated rings. The third-order valence-electron chi connectivity index (χ3n) is 4.39. The third-order valence-corrected chi connectivity index (χ3v) is 4.39. The van der Waals surface area contributed by atoms with Crippen molar-refractivity contribution in [2.45, 2.75) is 20.8 Å². The molecule has 122 valence electrons. The highest BCUT2D eigenvalue weighted by Crippen LogP contribution is 2.28. The molecule has 2 aromatic carbocycles. The zero-order chi connectivity index (χ0) is 17.6. The van der Waals surface area contributed by atoms with E-state index in [0.29, 0.717) is 11.3 Å². The van der Waals surface area contributed by atoms with Crippen LogP contribution in [0.4, 0.5) is 0 Å². The topological polar surface area (TPSA) is 63.7 Å². The Labute approximate surface area is 139 Å². The molecule has 0 atom stereocenters. The Kier molecular flexibility index (Phi) is 3.72. The summed E-state index contributed by atoms with van der Waals surface area (Å²) in [5.74, 6) is -0.794. The van der Waals surface area contributed by atoms with Crippen LogP contribution < -0.4 is 4.74 Å². The maximum atomic E-state index is 12.5. The van der Waals surface area contributed by atoms with Gasteiger partial charge >= 0.3 is 5.97 Å². The van der Waals surface area contributed by atoms with Crippen LogP contribution in [0.1, 0.15) is 47.8 Å². The normalized spacial score (nSPS) is 13.2. The summed E-state index contributed by atoms with van der Waals surface area (Å²) in [5.41, 5.74) is 3.57. The number of ether oxygens (including phenoxy) is 1. The lowest BCUT2D eigenvalue weighted by Crippen LogP contribution is -2.24. The van der Waals surface area contributed by atoms with Crippen LogP contribution in [0.3, 0.4) is 0 Å². The minimum absolute atomic E-state index is 0.231. The van der Waals surface area contributed by atoms with Crippen molar-refractivity contribution in [2.24, 2.45) is 0 Å². The molecule has 1 heterocycles. The van der Waals surface area contributed by atoms with Crippen LogP contribution in [-0.4, -0.2) is 29.7 Å². The Morgan fingerprint density at radius 2 is 1.54 bits per heavy atom. The van der Waals surface area contributed by atoms with Crippen molar-refractivity contribution in [3.63, 3.8) is 0 Å². The minimum atomic E-state index is -0.551. The molecule has 0 saturated heterocycles. The summed E-state index contributed by atoms with van der Waals surface area (Å²) in [4.78, 5) is 37.4. The molecule has 5 nitrogen and oxygen atoms in total. The van der Waals surface area contributed by atoms with E-state index in [2.05, 4.69) is 0 Å². The van der Waals surface area contributed by atoms with Crippen molar-refractivity contribution in [2.75, 3.05) is 7.05 Å². The van der Waals surface area contributed by atoms with E-state index in [4.69, 9.17) is 4.74 Å². The first kappa shape index (κ1) is 15.9. The predicted octanol–water partition coefficient (Wildman–Crippen LogP) is 3.06. The van der Waals surface area contributed by atoms with Gasteiger partial charge in [0.15, 0.2) is 0 Å². The standard InChI is InChI=1S/C19H17NO4/c1-10-5-6-11(2)16(12(10)3)24-19(23)13-7-8-14-15(9-13)18(22)20(4)17(14)21/h5-9H,1-4H3. The number of imide groups is 1. The van der Waals surface area contributed by atoms with E-state index >= 15 is 0 Å². The molecule has 1 aliphatic heterocycles. The van der Waals surface area contributed by atoms with Crippen molar-refractivity contribution in [3.8, 4) is 5.75 Å². The lowest BCUT2D eigenvalue weighted by Gasteiger charge is -2.12. The van der Waals surface area contributed by atoms with E-state index in [1.807, 2.05) is 32.9 Å². The van der Waals surface area contributed by atoms with Crippen molar-refractivity contribution >= 4 is 17.8 Å². The number of carbonyl (C=O) groups excluding carboxylic acids is 3. The van der Waals surface area contributed by atoms with E-state index < -0.39 is 11.9 Å². The van der Waals surface area contributed by atoms with Gasteiger partial charge in [0.05, 0.1) is 16.7 Å². The average molecular weight is 323 g/mol. The maximum absolute atomic E-state index is 12.5. The minimum Gasteiger partial charge on any atom is -0.422 e. The Balaban J connectivity index is 1.95. The van der Waals surface area contributed by atoms with Crippen LogP contribution in [-0.2, 0) is 0 Å². The number of amides is 2. The first-order valence-corrected chi connectivity index (χ1v) is 7.56. The number of esters is 1. The molecular weight excluding hydrogens is 306 g/mol. The quantitative estimate of drug-likeness (QED) is 0.484. The van der Waals surface area contributed by atoms with Crippen molar-refractivity contribution in [1.82, 2.24) is 4.90 Å². The van der Waals surface area contributed by atoms with Crippen LogP contribution in [0.25, 0.3) is 0 Å². The van der Waals surface area contributed by atoms with Crippen LogP contribution in [0.15, 0.2) is 30.3 Å². The monoisotopic (exact) mass is 323 g/mol. The van der Waals surface area contributed by atoms with Crippen LogP contribution in [0.5, 0.6) is 5.75 Å². The highest BCUT2D eigenvalue weighted by Gasteiger charge is 2.33. The average Bonchev–Trinajstić information content (AvgIpc) is 2.79. The van der Waals surface area contributed by atoms with Crippen molar-refractivity contribution < 1.29 is 19.1 Å². The van der Waals surface area contributed by atoms with E-state index in [1.54, 1.807) is 0 Å². The second-order valence-corrected chi connectivity index (χ2v) is 5.97. The summed E-state index contributed by atoms with van der Waals surface area (Å²) in [6, 6.07) is 8.28. The van der Waals surface area contributed by atoms with Crippen LogP contribution >= 0.6 is 0 Å². The molecule has 0 unspecified atom stereocenters. The Bertz CT molecular complexity index is 898. The van der Waals surface area contributed by atoms with Crippen LogP contribution in [0, 0.1) is 20.8 Å². The molecule has 1 aliphatic rings. The summed E-state index contributed by atoms with van der Waals surface area (Å²) in [6.45, 7) is 5.71. The molecular formula is C19H17NO4. The SMILES string of the molecule is Cc1ccc(C)c(OC(=O)c2ccc3c(c2)C(=O)N(C)C3=O)c1C. The number of hydrogen-bond acceptors (Lipinski definition) is 4. The van der Waals surface area contributed by atoms with E-state index in [0.717, 1.165) is 21.6 Å². The molecule has 0 bridgehead atoms. The molecule has 3 rings (SSSR count). The molecule has 0 spiro atoms. The largest absolute Gasteiger partial charge is 0.422 e. The van der Waals surface area contributed by atoms with Gasteiger partial charge in [-0.15, -0.1) is 0 Å². The Hall–Kier alpha value is -2.95. The fourth-order valence-electron chi connectivity index (χ4n) is 2.72. The second-order valence-electron chi connectivity index (χ2n) is 5.97. The summed E-state index contributed by atoms with van der Waals surface area (Å²) in [5, 5.41) is 0. The summed E-state index contributed by atoms with van der Waals surface area (Å²) >= 11 is 0. The molecule has 5 heteroatoms. The molecule has 2 amide bonds. The van der Waals surface area contributed by atoms with Gasteiger partial charge in [-0.3, -0.25) is 14.5 Å². The van der Waals surface area contributed by atoms with Gasteiger partial charge < -0.3 is 4.74 Å². The van der Waals surface area contributed by atoms with Gasteiger partial charge in [-0.25, -0.2) is 4.79 Å². The van der Waals surface area contributed by atoms with Crippen molar-refractivity contribution in [1.29, 1.82) is 0 Å². The predicted molar refractivity (Wildman–Crippen MR) is 88.5 cm³/mol. The molecule has 0 saturated carbocycles. The summed E-state index contributed by atoms with van der Waals surface area (Å²) in [6.07, 6.45) is 0. The number of benzene rings is 2. The smallest absolute Gasteiger partial charge is 0.343 e. The molecule has 0 aliphatic carbocycles. The lowest BCUT2D eigenvalue weighted by molar-refractivity contribution is 0.0691. The number of rotatable bonds is 2. The fourth-order valence-corrected chi connectivity index (χ4v) is 2.72. The maximum Gasteiger partial charge on any atom is 0.343 e. The van der Waals surface area contributed by atoms with Crippen molar-refractivity contribution in [3.05, 3.63) is 63.7 Å². The Morgan fingerprint density at radius 3 is 2.25 bits per heavy atom. The molecule has 2 aromatic rings. The number of nitrogens with zero attached hydrogens (tertiary/aromatic N) is 1. The number of carbonyl (C=O) groups is 3. The highest BCUT2D eigenvalue weighted by molar-refractivity contribution is 6.21. The van der Waals surface area contributed by atoms with Gasteiger partial charge in [0.25, 0.3) is 11.8 Å². The van der Waals surface area contributed by atoms with E-state index in [9.17, 15) is 14.4 Å². The van der Waals surface area contributed by atoms with Gasteiger partial charge in [0.2, 0.25) is 0 Å². The second kappa shape index (κ2) is 5.60. The molecule has 0 aromatic heterocycles. The number of aryl methyl sites for hydroxylation is 2. The number of fused-ring (bicyclic) bond motifs is 1. The highest BCUT2D eigenvalue weighted by atomic mass is 16.5. The fraction of sp³-hybridized carbons (Fsp3) is 0.211. The lowest BCUT2D eigenvalue weighted by atomic mass is 10.0. The summed E-state index contributed by atoms with van der Waals surface area (Å²) in [7, 11) is 1.42. The molecule has 0 N–H and O–H groups in total. The van der Waals surface area contributed by atoms with E-state index in [-0.39, 0.29) is 17.0 Å². The van der Waals surface area contributed by atoms with Gasteiger partial charge in [-0.1, -0.05) is 12.1 Å². The number of hydrogen-bond donors (Lipinski definition) is 0. The van der Waals surface area contributed by atoms with Gasteiger partial charge in [-0.05, 0) is 55.7 Å². The van der Waals surface area contributed by atoms with Crippen LogP contribution in [0.2, 0.25) is 0 Å². The first-order chi connectivity index (χ1) is 11.3. The van der Waals surface area contributed by atoms with Gasteiger partial charge in [0, 0.05) is 7.05 Å². The van der Waals surface area contributed by atoms with E-state index in [1.165, 1.54) is 25.2 Å². The summed E-state index contributed by atoms with van der Waals surface area (Å²) < 4.78 is 5.54. The third kappa shape index (κ3) is 2.38. The molecule has 24 heavy (non-hydrogen) atoms. The molecule has 0 radical (unpaired) electrons. The zero-order valence-corrected chi connectivity index (χ0v) is 14.0. The first-order valence-electron chi connectivity index (χ1n) is 7.56.